The average Bonchev–Trinajstić information content (AvgIpc) is 3.61. The largest absolute Gasteiger partial charge is 0.507 e. The number of phenols is 1. The number of likely N-dealkylation sites (tertiary alicyclic amines) is 2. The first-order valence-corrected chi connectivity index (χ1v) is 16.3. The van der Waals surface area contributed by atoms with Crippen LogP contribution in [0.1, 0.15) is 59.8 Å². The second-order valence-corrected chi connectivity index (χ2v) is 14.0. The summed E-state index contributed by atoms with van der Waals surface area (Å²) in [5.41, 5.74) is 8.41. The van der Waals surface area contributed by atoms with Gasteiger partial charge in [-0.15, -0.1) is 10.2 Å². The standard InChI is InChI=1S/C34H48N8O4/c1-22-15-25(43)21-42(22)33(46)31(34(2,3)4)37-30(45)12-8-14-40-13-7-9-23(18-40)19-41-20-24(17-36-41)27-16-28(38-39-32(27)35)26-10-5-6-11-29(26)44/h5-6,10-11,16-17,20,22-23,25,31,43-44H,7-9,12-15,18-19,21H2,1-4H3,(H2,35,39)(H,37,45)/t22-,23+,25-,31-/m1/s1. The molecule has 0 aliphatic carbocycles. The number of aliphatic hydroxyl groups is 1. The highest BCUT2D eigenvalue weighted by molar-refractivity contribution is 5.88. The second kappa shape index (κ2) is 14.2. The van der Waals surface area contributed by atoms with Crippen LogP contribution >= 0.6 is 0 Å². The van der Waals surface area contributed by atoms with Gasteiger partial charge in [-0.3, -0.25) is 14.3 Å². The zero-order valence-corrected chi connectivity index (χ0v) is 27.4. The van der Waals surface area contributed by atoms with Gasteiger partial charge in [-0.25, -0.2) is 0 Å². The molecule has 0 radical (unpaired) electrons. The maximum Gasteiger partial charge on any atom is 0.246 e. The molecule has 2 saturated heterocycles. The van der Waals surface area contributed by atoms with Crippen molar-refractivity contribution in [3.8, 4) is 28.1 Å². The number of carbonyl (C=O) groups excluding carboxylic acids is 2. The van der Waals surface area contributed by atoms with Crippen molar-refractivity contribution in [2.75, 3.05) is 31.9 Å². The van der Waals surface area contributed by atoms with Crippen LogP contribution in [-0.4, -0.2) is 96.2 Å². The molecule has 3 aromatic rings. The number of hydrogen-bond acceptors (Lipinski definition) is 9. The summed E-state index contributed by atoms with van der Waals surface area (Å²) in [7, 11) is 0. The quantitative estimate of drug-likeness (QED) is 0.263. The number of nitrogen functional groups attached to an aromatic ring is 1. The second-order valence-electron chi connectivity index (χ2n) is 14.0. The summed E-state index contributed by atoms with van der Waals surface area (Å²) in [5.74, 6) is 0.608. The highest BCUT2D eigenvalue weighted by Gasteiger charge is 2.40. The molecule has 5 rings (SSSR count). The van der Waals surface area contributed by atoms with E-state index in [1.807, 2.05) is 50.7 Å². The Kier molecular flexibility index (Phi) is 10.3. The molecule has 2 aromatic heterocycles. The van der Waals surface area contributed by atoms with Gasteiger partial charge in [0.1, 0.15) is 11.8 Å². The van der Waals surface area contributed by atoms with Crippen LogP contribution in [0.4, 0.5) is 5.82 Å². The van der Waals surface area contributed by atoms with E-state index in [1.165, 1.54) is 0 Å². The Labute approximate surface area is 271 Å². The van der Waals surface area contributed by atoms with Crippen LogP contribution in [0.3, 0.4) is 0 Å². The van der Waals surface area contributed by atoms with Gasteiger partial charge in [0.15, 0.2) is 5.82 Å². The molecule has 2 aliphatic heterocycles. The Morgan fingerprint density at radius 1 is 1.15 bits per heavy atom. The molecule has 1 aromatic carbocycles. The van der Waals surface area contributed by atoms with Crippen molar-refractivity contribution >= 4 is 17.6 Å². The van der Waals surface area contributed by atoms with Crippen LogP contribution in [0.25, 0.3) is 22.4 Å². The zero-order valence-electron chi connectivity index (χ0n) is 27.4. The zero-order chi connectivity index (χ0) is 33.0. The number of aromatic hydroxyl groups is 1. The third kappa shape index (κ3) is 8.03. The summed E-state index contributed by atoms with van der Waals surface area (Å²) in [6.07, 6.45) is 7.05. The summed E-state index contributed by atoms with van der Waals surface area (Å²) in [6.45, 7) is 11.6. The first kappa shape index (κ1) is 33.3. The molecule has 46 heavy (non-hydrogen) atoms. The Morgan fingerprint density at radius 2 is 1.93 bits per heavy atom. The van der Waals surface area contributed by atoms with Crippen molar-refractivity contribution in [1.82, 2.24) is 35.1 Å². The minimum absolute atomic E-state index is 0.0432. The lowest BCUT2D eigenvalue weighted by molar-refractivity contribution is -0.140. The number of phenolic OH excluding ortho intramolecular Hbond substituents is 1. The summed E-state index contributed by atoms with van der Waals surface area (Å²) in [6, 6.07) is 8.14. The van der Waals surface area contributed by atoms with Gasteiger partial charge in [0.25, 0.3) is 0 Å². The van der Waals surface area contributed by atoms with E-state index < -0.39 is 17.6 Å². The van der Waals surface area contributed by atoms with Crippen LogP contribution in [0.15, 0.2) is 42.7 Å². The van der Waals surface area contributed by atoms with Gasteiger partial charge in [-0.05, 0) is 75.2 Å². The molecule has 4 atom stereocenters. The maximum absolute atomic E-state index is 13.3. The molecule has 2 amide bonds. The van der Waals surface area contributed by atoms with E-state index in [4.69, 9.17) is 5.73 Å². The van der Waals surface area contributed by atoms with Gasteiger partial charge in [-0.1, -0.05) is 32.9 Å². The predicted octanol–water partition coefficient (Wildman–Crippen LogP) is 3.30. The first-order valence-electron chi connectivity index (χ1n) is 16.3. The fourth-order valence-electron chi connectivity index (χ4n) is 6.65. The molecule has 2 aliphatic rings. The van der Waals surface area contributed by atoms with Gasteiger partial charge in [-0.2, -0.15) is 5.10 Å². The predicted molar refractivity (Wildman–Crippen MR) is 176 cm³/mol. The maximum atomic E-state index is 13.3. The molecule has 12 nitrogen and oxygen atoms in total. The number of amides is 2. The van der Waals surface area contributed by atoms with Gasteiger partial charge >= 0.3 is 0 Å². The summed E-state index contributed by atoms with van der Waals surface area (Å²) >= 11 is 0. The number of rotatable bonds is 10. The third-order valence-corrected chi connectivity index (χ3v) is 9.13. The molecule has 0 spiro atoms. The Morgan fingerprint density at radius 3 is 2.65 bits per heavy atom. The van der Waals surface area contributed by atoms with Crippen LogP contribution in [0.2, 0.25) is 0 Å². The van der Waals surface area contributed by atoms with Crippen LogP contribution in [-0.2, 0) is 16.1 Å². The number of para-hydroxylation sites is 1. The van der Waals surface area contributed by atoms with Gasteiger partial charge in [0.2, 0.25) is 11.8 Å². The molecule has 0 bridgehead atoms. The topological polar surface area (TPSA) is 163 Å². The molecule has 2 fully saturated rings. The minimum Gasteiger partial charge on any atom is -0.507 e. The Balaban J connectivity index is 1.12. The SMILES string of the molecule is C[C@@H]1C[C@@H](O)CN1C(=O)[C@@H](NC(=O)CCCN1CCC[C@H](Cn2cc(-c3cc(-c4ccccc4O)nnc3N)cn2)C1)C(C)(C)C. The number of nitrogens with zero attached hydrogens (tertiary/aromatic N) is 6. The Bertz CT molecular complexity index is 1520. The monoisotopic (exact) mass is 632 g/mol. The molecular formula is C34H48N8O4. The number of β-amino-alcohol motifs (C(OH)–C–C–N with tert-alkyl or cyclic N) is 1. The summed E-state index contributed by atoms with van der Waals surface area (Å²) in [5, 5.41) is 36.2. The van der Waals surface area contributed by atoms with Gasteiger partial charge in [0, 0.05) is 55.0 Å². The first-order chi connectivity index (χ1) is 21.9. The van der Waals surface area contributed by atoms with Crippen molar-refractivity contribution in [3.63, 3.8) is 0 Å². The van der Waals surface area contributed by atoms with Crippen LogP contribution in [0, 0.1) is 11.3 Å². The van der Waals surface area contributed by atoms with E-state index in [0.717, 1.165) is 44.6 Å². The lowest BCUT2D eigenvalue weighted by atomic mass is 9.85. The summed E-state index contributed by atoms with van der Waals surface area (Å²) < 4.78 is 1.94. The van der Waals surface area contributed by atoms with Crippen LogP contribution in [0.5, 0.6) is 5.75 Å². The highest BCUT2D eigenvalue weighted by Crippen LogP contribution is 2.32. The van der Waals surface area contributed by atoms with E-state index in [-0.39, 0.29) is 23.6 Å². The summed E-state index contributed by atoms with van der Waals surface area (Å²) in [4.78, 5) is 30.4. The lowest BCUT2D eigenvalue weighted by Crippen LogP contribution is -2.55. The molecular weight excluding hydrogens is 584 g/mol. The fraction of sp³-hybridized carbons (Fsp3) is 0.559. The van der Waals surface area contributed by atoms with Crippen molar-refractivity contribution in [2.24, 2.45) is 11.3 Å². The molecule has 12 heteroatoms. The number of piperidine rings is 1. The Hall–Kier alpha value is -4.03. The van der Waals surface area contributed by atoms with Crippen molar-refractivity contribution in [2.45, 2.75) is 84.5 Å². The van der Waals surface area contributed by atoms with E-state index in [9.17, 15) is 19.8 Å². The normalized spacial score (nSPS) is 21.3. The van der Waals surface area contributed by atoms with E-state index in [1.54, 1.807) is 29.3 Å². The lowest BCUT2D eigenvalue weighted by Gasteiger charge is -2.35. The molecule has 4 heterocycles. The molecule has 0 unspecified atom stereocenters. The number of aromatic nitrogens is 4. The smallest absolute Gasteiger partial charge is 0.246 e. The van der Waals surface area contributed by atoms with Gasteiger partial charge < -0.3 is 31.1 Å². The average molecular weight is 633 g/mol. The van der Waals surface area contributed by atoms with Crippen molar-refractivity contribution in [1.29, 1.82) is 0 Å². The van der Waals surface area contributed by atoms with E-state index >= 15 is 0 Å². The van der Waals surface area contributed by atoms with E-state index in [2.05, 4.69) is 25.5 Å². The third-order valence-electron chi connectivity index (χ3n) is 9.13. The molecule has 5 N–H and O–H groups in total. The molecule has 0 saturated carbocycles. The number of benzene rings is 1. The van der Waals surface area contributed by atoms with Crippen molar-refractivity contribution < 1.29 is 19.8 Å². The number of carbonyl (C=O) groups is 2. The number of anilines is 1. The fourth-order valence-corrected chi connectivity index (χ4v) is 6.65. The number of nitrogens with two attached hydrogens (primary N) is 1. The number of hydrogen-bond donors (Lipinski definition) is 4. The number of aliphatic hydroxyl groups excluding tert-OH is 1. The minimum atomic E-state index is -0.638. The molecule has 248 valence electrons. The van der Waals surface area contributed by atoms with Crippen LogP contribution < -0.4 is 11.1 Å². The van der Waals surface area contributed by atoms with Gasteiger partial charge in [0.05, 0.1) is 18.0 Å². The number of nitrogens with one attached hydrogen (secondary N) is 1. The highest BCUT2D eigenvalue weighted by atomic mass is 16.3. The van der Waals surface area contributed by atoms with E-state index in [0.29, 0.717) is 54.4 Å². The van der Waals surface area contributed by atoms with Crippen molar-refractivity contribution in [3.05, 3.63) is 42.7 Å².